The Kier molecular flexibility index (Phi) is 6.70. The summed E-state index contributed by atoms with van der Waals surface area (Å²) in [5, 5.41) is 0. The zero-order chi connectivity index (χ0) is 15.9. The van der Waals surface area contributed by atoms with Gasteiger partial charge in [-0.2, -0.15) is 0 Å². The molecule has 0 spiro atoms. The highest BCUT2D eigenvalue weighted by molar-refractivity contribution is 5.67. The Morgan fingerprint density at radius 1 is 1.23 bits per heavy atom. The fourth-order valence-corrected chi connectivity index (χ4v) is 3.40. The van der Waals surface area contributed by atoms with Crippen LogP contribution >= 0.6 is 0 Å². The fraction of sp³-hybridized carbons (Fsp3) is 0.824. The van der Waals surface area contributed by atoms with E-state index in [2.05, 4.69) is 29.7 Å². The molecule has 1 amide bonds. The number of carbonyl (C=O) groups excluding carboxylic acids is 1. The maximum absolute atomic E-state index is 11.8. The fourth-order valence-electron chi connectivity index (χ4n) is 3.40. The maximum Gasteiger partial charge on any atom is 0.409 e. The second-order valence-corrected chi connectivity index (χ2v) is 6.39. The van der Waals surface area contributed by atoms with E-state index in [-0.39, 0.29) is 6.09 Å². The zero-order valence-electron chi connectivity index (χ0n) is 14.4. The van der Waals surface area contributed by atoms with Gasteiger partial charge in [-0.15, -0.1) is 0 Å². The molecular formula is C17H31N3O2. The van der Waals surface area contributed by atoms with E-state index in [1.165, 1.54) is 25.0 Å². The van der Waals surface area contributed by atoms with Gasteiger partial charge < -0.3 is 9.64 Å². The summed E-state index contributed by atoms with van der Waals surface area (Å²) >= 11 is 0. The van der Waals surface area contributed by atoms with Gasteiger partial charge in [0.2, 0.25) is 0 Å². The van der Waals surface area contributed by atoms with Crippen LogP contribution in [0.3, 0.4) is 0 Å². The van der Waals surface area contributed by atoms with Crippen LogP contribution in [0.1, 0.15) is 33.6 Å². The molecule has 5 nitrogen and oxygen atoms in total. The van der Waals surface area contributed by atoms with Gasteiger partial charge in [0.05, 0.1) is 6.61 Å². The molecule has 2 fully saturated rings. The highest BCUT2D eigenvalue weighted by Gasteiger charge is 2.29. The van der Waals surface area contributed by atoms with E-state index in [0.717, 1.165) is 39.3 Å². The summed E-state index contributed by atoms with van der Waals surface area (Å²) in [5.41, 5.74) is 1.45. The van der Waals surface area contributed by atoms with Crippen LogP contribution in [0, 0.1) is 0 Å². The van der Waals surface area contributed by atoms with Crippen molar-refractivity contribution in [3.05, 3.63) is 11.6 Å². The topological polar surface area (TPSA) is 36.0 Å². The molecule has 126 valence electrons. The minimum absolute atomic E-state index is 0.156. The van der Waals surface area contributed by atoms with Gasteiger partial charge in [-0.25, -0.2) is 4.79 Å². The lowest BCUT2D eigenvalue weighted by Crippen LogP contribution is -2.56. The second-order valence-electron chi connectivity index (χ2n) is 6.39. The van der Waals surface area contributed by atoms with Crippen molar-refractivity contribution >= 4 is 6.09 Å². The Balaban J connectivity index is 1.79. The predicted molar refractivity (Wildman–Crippen MR) is 89.1 cm³/mol. The summed E-state index contributed by atoms with van der Waals surface area (Å²) in [7, 11) is 0. The van der Waals surface area contributed by atoms with Crippen molar-refractivity contribution in [2.24, 2.45) is 0 Å². The molecule has 22 heavy (non-hydrogen) atoms. The monoisotopic (exact) mass is 309 g/mol. The first-order valence-corrected chi connectivity index (χ1v) is 8.64. The van der Waals surface area contributed by atoms with Gasteiger partial charge in [0.1, 0.15) is 0 Å². The number of amides is 1. The van der Waals surface area contributed by atoms with Crippen LogP contribution < -0.4 is 0 Å². The smallest absolute Gasteiger partial charge is 0.409 e. The van der Waals surface area contributed by atoms with Crippen LogP contribution in [-0.4, -0.2) is 79.3 Å². The number of allylic oxidation sites excluding steroid dienone is 1. The quantitative estimate of drug-likeness (QED) is 0.746. The maximum atomic E-state index is 11.8. The molecule has 0 aromatic rings. The number of rotatable bonds is 4. The molecule has 0 bridgehead atoms. The minimum atomic E-state index is -0.156. The molecule has 0 aliphatic carbocycles. The molecule has 2 rings (SSSR count). The number of ether oxygens (including phenoxy) is 1. The molecule has 0 radical (unpaired) electrons. The largest absolute Gasteiger partial charge is 0.450 e. The molecule has 0 N–H and O–H groups in total. The molecular weight excluding hydrogens is 278 g/mol. The zero-order valence-corrected chi connectivity index (χ0v) is 14.4. The van der Waals surface area contributed by atoms with E-state index in [1.54, 1.807) is 0 Å². The molecule has 2 aliphatic heterocycles. The Morgan fingerprint density at radius 3 is 2.59 bits per heavy atom. The molecule has 0 saturated carbocycles. The van der Waals surface area contributed by atoms with Crippen LogP contribution in [-0.2, 0) is 4.74 Å². The van der Waals surface area contributed by atoms with Crippen molar-refractivity contribution in [2.45, 2.75) is 39.7 Å². The Labute approximate surface area is 134 Å². The number of likely N-dealkylation sites (tertiary alicyclic amines) is 1. The normalized spacial score (nSPS) is 25.3. The van der Waals surface area contributed by atoms with Crippen LogP contribution in [0.5, 0.6) is 0 Å². The second kappa shape index (κ2) is 8.53. The predicted octanol–water partition coefficient (Wildman–Crippen LogP) is 2.19. The molecule has 5 heteroatoms. The summed E-state index contributed by atoms with van der Waals surface area (Å²) in [6, 6.07) is 0.641. The average molecular weight is 309 g/mol. The summed E-state index contributed by atoms with van der Waals surface area (Å²) < 4.78 is 5.09. The lowest BCUT2D eigenvalue weighted by Gasteiger charge is -2.43. The van der Waals surface area contributed by atoms with Gasteiger partial charge >= 0.3 is 6.09 Å². The van der Waals surface area contributed by atoms with Gasteiger partial charge in [0.25, 0.3) is 0 Å². The third-order valence-corrected chi connectivity index (χ3v) is 4.80. The first kappa shape index (κ1) is 17.3. The summed E-state index contributed by atoms with van der Waals surface area (Å²) in [6.07, 6.45) is 4.61. The van der Waals surface area contributed by atoms with Crippen LogP contribution in [0.2, 0.25) is 0 Å². The SMILES string of the molecule is C/C=C(\C)CN1CCC[C@@H](N2CCN(C(=O)OCC)CC2)C1. The number of hydrogen-bond acceptors (Lipinski definition) is 4. The van der Waals surface area contributed by atoms with E-state index in [4.69, 9.17) is 4.74 Å². The lowest BCUT2D eigenvalue weighted by molar-refractivity contribution is 0.0445. The number of nitrogens with zero attached hydrogens (tertiary/aromatic N) is 3. The Bertz CT molecular complexity index is 389. The standard InChI is InChI=1S/C17H31N3O2/c1-4-15(3)13-18-8-6-7-16(14-18)19-9-11-20(12-10-19)17(21)22-5-2/h4,16H,5-14H2,1-3H3/b15-4+/t16-/m1/s1. The van der Waals surface area contributed by atoms with E-state index < -0.39 is 0 Å². The summed E-state index contributed by atoms with van der Waals surface area (Å²) in [6.45, 7) is 13.6. The number of carbonyl (C=O) groups is 1. The van der Waals surface area contributed by atoms with Gasteiger partial charge in [-0.1, -0.05) is 11.6 Å². The van der Waals surface area contributed by atoms with E-state index >= 15 is 0 Å². The first-order chi connectivity index (χ1) is 10.6. The van der Waals surface area contributed by atoms with Crippen molar-refractivity contribution in [1.82, 2.24) is 14.7 Å². The molecule has 2 heterocycles. The van der Waals surface area contributed by atoms with Crippen molar-refractivity contribution < 1.29 is 9.53 Å². The minimum Gasteiger partial charge on any atom is -0.450 e. The van der Waals surface area contributed by atoms with Crippen molar-refractivity contribution in [3.8, 4) is 0 Å². The summed E-state index contributed by atoms with van der Waals surface area (Å²) in [5.74, 6) is 0. The molecule has 2 saturated heterocycles. The van der Waals surface area contributed by atoms with Crippen molar-refractivity contribution in [2.75, 3.05) is 52.4 Å². The first-order valence-electron chi connectivity index (χ1n) is 8.64. The van der Waals surface area contributed by atoms with Crippen molar-refractivity contribution in [3.63, 3.8) is 0 Å². The molecule has 2 aliphatic rings. The van der Waals surface area contributed by atoms with E-state index in [9.17, 15) is 4.79 Å². The number of piperazine rings is 1. The van der Waals surface area contributed by atoms with E-state index in [1.807, 2.05) is 11.8 Å². The number of piperidine rings is 1. The molecule has 0 unspecified atom stereocenters. The van der Waals surface area contributed by atoms with Crippen LogP contribution in [0.15, 0.2) is 11.6 Å². The van der Waals surface area contributed by atoms with Crippen molar-refractivity contribution in [1.29, 1.82) is 0 Å². The van der Waals surface area contributed by atoms with E-state index in [0.29, 0.717) is 12.6 Å². The third-order valence-electron chi connectivity index (χ3n) is 4.80. The highest BCUT2D eigenvalue weighted by atomic mass is 16.6. The Hall–Kier alpha value is -1.07. The highest BCUT2D eigenvalue weighted by Crippen LogP contribution is 2.18. The van der Waals surface area contributed by atoms with Crippen LogP contribution in [0.4, 0.5) is 4.79 Å². The Morgan fingerprint density at radius 2 is 1.95 bits per heavy atom. The molecule has 1 atom stereocenters. The van der Waals surface area contributed by atoms with Gasteiger partial charge in [-0.05, 0) is 40.2 Å². The number of hydrogen-bond donors (Lipinski definition) is 0. The summed E-state index contributed by atoms with van der Waals surface area (Å²) in [4.78, 5) is 18.7. The van der Waals surface area contributed by atoms with Crippen LogP contribution in [0.25, 0.3) is 0 Å². The average Bonchev–Trinajstić information content (AvgIpc) is 2.55. The van der Waals surface area contributed by atoms with Gasteiger partial charge in [-0.3, -0.25) is 9.80 Å². The lowest BCUT2D eigenvalue weighted by atomic mass is 10.0. The molecule has 0 aromatic carbocycles. The molecule has 0 aromatic heterocycles. The third kappa shape index (κ3) is 4.71. The van der Waals surface area contributed by atoms with Gasteiger partial charge in [0.15, 0.2) is 0 Å². The van der Waals surface area contributed by atoms with Gasteiger partial charge in [0, 0.05) is 45.3 Å².